The summed E-state index contributed by atoms with van der Waals surface area (Å²) in [6, 6.07) is 4.49. The van der Waals surface area contributed by atoms with E-state index in [0.717, 1.165) is 5.56 Å². The van der Waals surface area contributed by atoms with Crippen LogP contribution >= 0.6 is 15.9 Å². The number of hydrogen-bond acceptors (Lipinski definition) is 4. The lowest BCUT2D eigenvalue weighted by Crippen LogP contribution is -2.51. The number of carbonyl (C=O) groups excluding carboxylic acids is 1. The van der Waals surface area contributed by atoms with Gasteiger partial charge in [0.05, 0.1) is 23.7 Å². The van der Waals surface area contributed by atoms with Crippen LogP contribution in [0.2, 0.25) is 0 Å². The number of hydrogen-bond donors (Lipinski definition) is 0. The molecule has 0 aromatic heterocycles. The van der Waals surface area contributed by atoms with Crippen LogP contribution in [0.1, 0.15) is 22.8 Å². The van der Waals surface area contributed by atoms with E-state index in [4.69, 9.17) is 4.74 Å². The number of amides is 1. The number of carbonyl (C=O) groups is 1. The zero-order valence-corrected chi connectivity index (χ0v) is 13.5. The molecule has 1 fully saturated rings. The lowest BCUT2D eigenvalue weighted by molar-refractivity contribution is -0.385. The molecule has 0 radical (unpaired) electrons. The van der Waals surface area contributed by atoms with Crippen LogP contribution in [0.5, 0.6) is 0 Å². The zero-order chi connectivity index (χ0) is 15.6. The summed E-state index contributed by atoms with van der Waals surface area (Å²) in [5, 5.41) is 11.7. The molecule has 1 aliphatic rings. The Labute approximate surface area is 131 Å². The van der Waals surface area contributed by atoms with E-state index in [-0.39, 0.29) is 29.3 Å². The summed E-state index contributed by atoms with van der Waals surface area (Å²) in [5.41, 5.74) is 0.809. The fourth-order valence-electron chi connectivity index (χ4n) is 2.33. The van der Waals surface area contributed by atoms with E-state index in [1.807, 2.05) is 13.8 Å². The molecule has 1 aromatic carbocycles. The van der Waals surface area contributed by atoms with Gasteiger partial charge >= 0.3 is 0 Å². The van der Waals surface area contributed by atoms with E-state index in [1.165, 1.54) is 6.07 Å². The molecule has 0 bridgehead atoms. The third kappa shape index (κ3) is 3.41. The van der Waals surface area contributed by atoms with Crippen molar-refractivity contribution >= 4 is 27.5 Å². The van der Waals surface area contributed by atoms with E-state index in [9.17, 15) is 14.9 Å². The fraction of sp³-hybridized carbons (Fsp3) is 0.500. The second-order valence-corrected chi connectivity index (χ2v) is 5.84. The topological polar surface area (TPSA) is 72.7 Å². The Bertz CT molecular complexity index is 564. The first-order chi connectivity index (χ1) is 9.93. The van der Waals surface area contributed by atoms with Gasteiger partial charge in [0.25, 0.3) is 11.6 Å². The number of halogens is 1. The Hall–Kier alpha value is -1.47. The predicted octanol–water partition coefficient (Wildman–Crippen LogP) is 2.53. The van der Waals surface area contributed by atoms with E-state index in [1.54, 1.807) is 17.0 Å². The number of benzene rings is 1. The molecule has 0 aliphatic carbocycles. The average molecular weight is 357 g/mol. The molecule has 1 aliphatic heterocycles. The number of nitro groups is 1. The number of rotatable bonds is 3. The highest BCUT2D eigenvalue weighted by Gasteiger charge is 2.32. The number of nitrogens with zero attached hydrogens (tertiary/aromatic N) is 2. The van der Waals surface area contributed by atoms with Crippen LogP contribution in [-0.4, -0.2) is 46.4 Å². The quantitative estimate of drug-likeness (QED) is 0.473. The van der Waals surface area contributed by atoms with Crippen molar-refractivity contribution in [3.8, 4) is 0 Å². The predicted molar refractivity (Wildman–Crippen MR) is 81.9 cm³/mol. The van der Waals surface area contributed by atoms with Crippen LogP contribution in [0.25, 0.3) is 0 Å². The summed E-state index contributed by atoms with van der Waals surface area (Å²) in [6.45, 7) is 4.55. The van der Waals surface area contributed by atoms with Gasteiger partial charge in [0.2, 0.25) is 0 Å². The molecule has 2 unspecified atom stereocenters. The maximum atomic E-state index is 12.7. The van der Waals surface area contributed by atoms with Crippen molar-refractivity contribution in [2.45, 2.75) is 26.0 Å². The molecule has 0 saturated carbocycles. The number of ether oxygens (including phenoxy) is 1. The molecule has 7 heteroatoms. The molecule has 0 N–H and O–H groups in total. The van der Waals surface area contributed by atoms with Crippen LogP contribution in [0.15, 0.2) is 18.2 Å². The highest BCUT2D eigenvalue weighted by Crippen LogP contribution is 2.24. The first-order valence-corrected chi connectivity index (χ1v) is 7.79. The summed E-state index contributed by atoms with van der Waals surface area (Å²) in [5.74, 6) is -0.313. The molecular formula is C14H17BrN2O4. The SMILES string of the molecule is Cc1ccc([N+](=O)[O-])c(C(=O)N2CC(CBr)OCC2C)c1. The van der Waals surface area contributed by atoms with E-state index in [0.29, 0.717) is 18.5 Å². The monoisotopic (exact) mass is 356 g/mol. The third-order valence-electron chi connectivity index (χ3n) is 3.52. The Balaban J connectivity index is 2.34. The lowest BCUT2D eigenvalue weighted by Gasteiger charge is -2.37. The summed E-state index contributed by atoms with van der Waals surface area (Å²) < 4.78 is 5.58. The number of nitro benzene ring substituents is 1. The highest BCUT2D eigenvalue weighted by molar-refractivity contribution is 9.09. The maximum Gasteiger partial charge on any atom is 0.282 e. The van der Waals surface area contributed by atoms with Gasteiger partial charge in [-0.15, -0.1) is 0 Å². The minimum Gasteiger partial charge on any atom is -0.373 e. The highest BCUT2D eigenvalue weighted by atomic mass is 79.9. The van der Waals surface area contributed by atoms with Crippen LogP contribution in [0.4, 0.5) is 5.69 Å². The largest absolute Gasteiger partial charge is 0.373 e. The molecule has 1 amide bonds. The van der Waals surface area contributed by atoms with Gasteiger partial charge < -0.3 is 9.64 Å². The summed E-state index contributed by atoms with van der Waals surface area (Å²) >= 11 is 3.34. The van der Waals surface area contributed by atoms with Crippen molar-refractivity contribution in [3.05, 3.63) is 39.4 Å². The van der Waals surface area contributed by atoms with Crippen molar-refractivity contribution in [1.82, 2.24) is 4.90 Å². The molecule has 2 atom stereocenters. The Morgan fingerprint density at radius 1 is 1.57 bits per heavy atom. The second kappa shape index (κ2) is 6.53. The van der Waals surface area contributed by atoms with E-state index in [2.05, 4.69) is 15.9 Å². The summed E-state index contributed by atoms with van der Waals surface area (Å²) in [7, 11) is 0. The van der Waals surface area contributed by atoms with Gasteiger partial charge in [-0.2, -0.15) is 0 Å². The molecule has 0 spiro atoms. The Kier molecular flexibility index (Phi) is 4.95. The van der Waals surface area contributed by atoms with Crippen LogP contribution in [0.3, 0.4) is 0 Å². The summed E-state index contributed by atoms with van der Waals surface area (Å²) in [4.78, 5) is 25.0. The zero-order valence-electron chi connectivity index (χ0n) is 11.9. The minimum absolute atomic E-state index is 0.0889. The molecule has 1 heterocycles. The van der Waals surface area contributed by atoms with Gasteiger partial charge in [-0.25, -0.2) is 0 Å². The third-order valence-corrected chi connectivity index (χ3v) is 4.24. The van der Waals surface area contributed by atoms with Gasteiger partial charge in [0, 0.05) is 17.9 Å². The van der Waals surface area contributed by atoms with Crippen molar-refractivity contribution in [2.75, 3.05) is 18.5 Å². The smallest absolute Gasteiger partial charge is 0.282 e. The Morgan fingerprint density at radius 2 is 2.29 bits per heavy atom. The molecule has 21 heavy (non-hydrogen) atoms. The number of aryl methyl sites for hydroxylation is 1. The second-order valence-electron chi connectivity index (χ2n) is 5.19. The maximum absolute atomic E-state index is 12.7. The first kappa shape index (κ1) is 15.9. The van der Waals surface area contributed by atoms with Crippen molar-refractivity contribution in [1.29, 1.82) is 0 Å². The standard InChI is InChI=1S/C14H17BrN2O4/c1-9-3-4-13(17(19)20)12(5-9)14(18)16-7-11(6-15)21-8-10(16)2/h3-5,10-11H,6-8H2,1-2H3. The molecule has 2 rings (SSSR count). The Morgan fingerprint density at radius 3 is 2.90 bits per heavy atom. The fourth-order valence-corrected chi connectivity index (χ4v) is 2.72. The van der Waals surface area contributed by atoms with Crippen molar-refractivity contribution < 1.29 is 14.5 Å². The molecule has 114 valence electrons. The van der Waals surface area contributed by atoms with Gasteiger partial charge in [0.15, 0.2) is 0 Å². The van der Waals surface area contributed by atoms with E-state index >= 15 is 0 Å². The minimum atomic E-state index is -0.514. The first-order valence-electron chi connectivity index (χ1n) is 6.67. The van der Waals surface area contributed by atoms with Gasteiger partial charge in [-0.1, -0.05) is 22.0 Å². The van der Waals surface area contributed by atoms with Crippen molar-refractivity contribution in [3.63, 3.8) is 0 Å². The summed E-state index contributed by atoms with van der Waals surface area (Å²) in [6.07, 6.45) is -0.0889. The van der Waals surface area contributed by atoms with Crippen molar-refractivity contribution in [2.24, 2.45) is 0 Å². The molecular weight excluding hydrogens is 340 g/mol. The average Bonchev–Trinajstić information content (AvgIpc) is 2.46. The van der Waals surface area contributed by atoms with Gasteiger partial charge in [-0.3, -0.25) is 14.9 Å². The number of morpholine rings is 1. The lowest BCUT2D eigenvalue weighted by atomic mass is 10.1. The van der Waals surface area contributed by atoms with Crippen LogP contribution in [0, 0.1) is 17.0 Å². The normalized spacial score (nSPS) is 22.1. The molecule has 1 saturated heterocycles. The molecule has 6 nitrogen and oxygen atoms in total. The number of alkyl halides is 1. The van der Waals surface area contributed by atoms with Crippen LogP contribution in [-0.2, 0) is 4.74 Å². The van der Waals surface area contributed by atoms with Gasteiger partial charge in [-0.05, 0) is 25.5 Å². The van der Waals surface area contributed by atoms with E-state index < -0.39 is 4.92 Å². The van der Waals surface area contributed by atoms with Gasteiger partial charge in [0.1, 0.15) is 5.56 Å². The van der Waals surface area contributed by atoms with Crippen LogP contribution < -0.4 is 0 Å². The molecule has 1 aromatic rings.